The van der Waals surface area contributed by atoms with Gasteiger partial charge in [-0.25, -0.2) is 9.37 Å². The van der Waals surface area contributed by atoms with Crippen molar-refractivity contribution < 1.29 is 9.18 Å². The molecule has 3 rings (SSSR count). The predicted molar refractivity (Wildman–Crippen MR) is 83.0 cm³/mol. The Morgan fingerprint density at radius 1 is 1.50 bits per heavy atom. The van der Waals surface area contributed by atoms with E-state index >= 15 is 0 Å². The first-order valence-corrected chi connectivity index (χ1v) is 7.77. The largest absolute Gasteiger partial charge is 0.354 e. The Morgan fingerprint density at radius 3 is 3.14 bits per heavy atom. The summed E-state index contributed by atoms with van der Waals surface area (Å²) in [7, 11) is 1.91. The number of piperidine rings is 1. The maximum atomic E-state index is 13.2. The fourth-order valence-corrected chi connectivity index (χ4v) is 2.94. The number of carbonyl (C=O) groups is 1. The van der Waals surface area contributed by atoms with Gasteiger partial charge in [-0.3, -0.25) is 4.79 Å². The van der Waals surface area contributed by atoms with E-state index in [1.807, 2.05) is 11.6 Å². The van der Waals surface area contributed by atoms with Crippen LogP contribution in [-0.4, -0.2) is 34.6 Å². The summed E-state index contributed by atoms with van der Waals surface area (Å²) in [6, 6.07) is 4.53. The molecule has 1 aromatic heterocycles. The Hall–Kier alpha value is -1.95. The lowest BCUT2D eigenvalue weighted by Crippen LogP contribution is -2.47. The monoisotopic (exact) mass is 304 g/mol. The summed E-state index contributed by atoms with van der Waals surface area (Å²) >= 11 is 0. The van der Waals surface area contributed by atoms with Crippen LogP contribution in [0.15, 0.2) is 18.2 Å². The number of nitrogens with zero attached hydrogens (tertiary/aromatic N) is 2. The summed E-state index contributed by atoms with van der Waals surface area (Å²) < 4.78 is 15.2. The van der Waals surface area contributed by atoms with Gasteiger partial charge in [0, 0.05) is 26.1 Å². The summed E-state index contributed by atoms with van der Waals surface area (Å²) in [6.45, 7) is 1.45. The van der Waals surface area contributed by atoms with Crippen LogP contribution in [0, 0.1) is 5.82 Å². The standard InChI is InChI=1S/C16H21FN4O/c1-21-14-6-5-11(17)10-13(14)20-15(21)7-9-19-16(22)12-4-2-3-8-18-12/h5-6,10,12,18H,2-4,7-9H2,1H3,(H,19,22)/t12-/m1/s1. The Morgan fingerprint density at radius 2 is 2.36 bits per heavy atom. The first-order valence-electron chi connectivity index (χ1n) is 7.77. The highest BCUT2D eigenvalue weighted by atomic mass is 19.1. The highest BCUT2D eigenvalue weighted by Gasteiger charge is 2.20. The van der Waals surface area contributed by atoms with E-state index in [1.54, 1.807) is 6.07 Å². The van der Waals surface area contributed by atoms with Crippen LogP contribution in [0.1, 0.15) is 25.1 Å². The minimum atomic E-state index is -0.283. The number of nitrogens with one attached hydrogen (secondary N) is 2. The van der Waals surface area contributed by atoms with Crippen molar-refractivity contribution in [2.75, 3.05) is 13.1 Å². The normalized spacial score (nSPS) is 18.5. The van der Waals surface area contributed by atoms with E-state index < -0.39 is 0 Å². The van der Waals surface area contributed by atoms with Crippen molar-refractivity contribution in [2.24, 2.45) is 7.05 Å². The molecule has 5 nitrogen and oxygen atoms in total. The average molecular weight is 304 g/mol. The van der Waals surface area contributed by atoms with Crippen LogP contribution < -0.4 is 10.6 Å². The van der Waals surface area contributed by atoms with E-state index in [2.05, 4.69) is 15.6 Å². The van der Waals surface area contributed by atoms with E-state index in [1.165, 1.54) is 12.1 Å². The number of hydrogen-bond acceptors (Lipinski definition) is 3. The van der Waals surface area contributed by atoms with Crippen molar-refractivity contribution in [3.05, 3.63) is 29.8 Å². The van der Waals surface area contributed by atoms with E-state index in [4.69, 9.17) is 0 Å². The van der Waals surface area contributed by atoms with Gasteiger partial charge in [0.05, 0.1) is 17.1 Å². The maximum absolute atomic E-state index is 13.2. The molecule has 0 spiro atoms. The molecule has 1 aliphatic heterocycles. The lowest BCUT2D eigenvalue weighted by atomic mass is 10.0. The molecule has 1 atom stereocenters. The van der Waals surface area contributed by atoms with Gasteiger partial charge >= 0.3 is 0 Å². The molecule has 22 heavy (non-hydrogen) atoms. The van der Waals surface area contributed by atoms with Gasteiger partial charge in [0.25, 0.3) is 0 Å². The molecule has 2 N–H and O–H groups in total. The Kier molecular flexibility index (Phi) is 4.38. The fourth-order valence-electron chi connectivity index (χ4n) is 2.94. The molecule has 1 aromatic carbocycles. The van der Waals surface area contributed by atoms with Gasteiger partial charge in [-0.15, -0.1) is 0 Å². The molecule has 1 saturated heterocycles. The molecule has 0 aliphatic carbocycles. The Bertz CT molecular complexity index is 676. The van der Waals surface area contributed by atoms with Gasteiger partial charge in [0.15, 0.2) is 0 Å². The van der Waals surface area contributed by atoms with Crippen LogP contribution in [0.3, 0.4) is 0 Å². The van der Waals surface area contributed by atoms with Crippen molar-refractivity contribution in [1.82, 2.24) is 20.2 Å². The molecule has 1 fully saturated rings. The summed E-state index contributed by atoms with van der Waals surface area (Å²) in [5.74, 6) is 0.621. The smallest absolute Gasteiger partial charge is 0.237 e. The zero-order valence-electron chi connectivity index (χ0n) is 12.7. The number of hydrogen-bond donors (Lipinski definition) is 2. The highest BCUT2D eigenvalue weighted by molar-refractivity contribution is 5.81. The van der Waals surface area contributed by atoms with Gasteiger partial charge < -0.3 is 15.2 Å². The second-order valence-corrected chi connectivity index (χ2v) is 5.76. The van der Waals surface area contributed by atoms with E-state index in [0.29, 0.717) is 18.5 Å². The summed E-state index contributed by atoms with van der Waals surface area (Å²) in [4.78, 5) is 16.5. The van der Waals surface area contributed by atoms with Gasteiger partial charge in [0.1, 0.15) is 11.6 Å². The molecular weight excluding hydrogens is 283 g/mol. The lowest BCUT2D eigenvalue weighted by Gasteiger charge is -2.22. The van der Waals surface area contributed by atoms with Crippen LogP contribution in [0.4, 0.5) is 4.39 Å². The van der Waals surface area contributed by atoms with Crippen LogP contribution in [0.2, 0.25) is 0 Å². The topological polar surface area (TPSA) is 59.0 Å². The number of carbonyl (C=O) groups excluding carboxylic acids is 1. The average Bonchev–Trinajstić information content (AvgIpc) is 2.83. The lowest BCUT2D eigenvalue weighted by molar-refractivity contribution is -0.123. The Labute approximate surface area is 128 Å². The molecule has 6 heteroatoms. The molecule has 2 heterocycles. The van der Waals surface area contributed by atoms with Gasteiger partial charge in [-0.05, 0) is 31.5 Å². The molecule has 0 unspecified atom stereocenters. The number of amides is 1. The maximum Gasteiger partial charge on any atom is 0.237 e. The number of aryl methyl sites for hydroxylation is 1. The first-order chi connectivity index (χ1) is 10.6. The summed E-state index contributed by atoms with van der Waals surface area (Å²) in [5, 5.41) is 6.19. The number of aromatic nitrogens is 2. The van der Waals surface area contributed by atoms with Crippen molar-refractivity contribution >= 4 is 16.9 Å². The van der Waals surface area contributed by atoms with E-state index in [0.717, 1.165) is 37.1 Å². The molecule has 118 valence electrons. The summed E-state index contributed by atoms with van der Waals surface area (Å²) in [6.07, 6.45) is 3.77. The van der Waals surface area contributed by atoms with Gasteiger partial charge in [-0.2, -0.15) is 0 Å². The molecule has 1 amide bonds. The van der Waals surface area contributed by atoms with Crippen LogP contribution in [-0.2, 0) is 18.3 Å². The van der Waals surface area contributed by atoms with E-state index in [9.17, 15) is 9.18 Å². The number of imidazole rings is 1. The van der Waals surface area contributed by atoms with E-state index in [-0.39, 0.29) is 17.8 Å². The Balaban J connectivity index is 1.59. The molecule has 0 saturated carbocycles. The molecule has 0 bridgehead atoms. The molecule has 2 aromatic rings. The minimum absolute atomic E-state index is 0.0597. The zero-order chi connectivity index (χ0) is 15.5. The zero-order valence-corrected chi connectivity index (χ0v) is 12.7. The van der Waals surface area contributed by atoms with Crippen molar-refractivity contribution in [3.63, 3.8) is 0 Å². The van der Waals surface area contributed by atoms with Gasteiger partial charge in [0.2, 0.25) is 5.91 Å². The van der Waals surface area contributed by atoms with Crippen LogP contribution >= 0.6 is 0 Å². The highest BCUT2D eigenvalue weighted by Crippen LogP contribution is 2.16. The summed E-state index contributed by atoms with van der Waals surface area (Å²) in [5.41, 5.74) is 1.55. The van der Waals surface area contributed by atoms with Crippen LogP contribution in [0.5, 0.6) is 0 Å². The third-order valence-corrected chi connectivity index (χ3v) is 4.21. The van der Waals surface area contributed by atoms with Crippen LogP contribution in [0.25, 0.3) is 11.0 Å². The fraction of sp³-hybridized carbons (Fsp3) is 0.500. The molecule has 1 aliphatic rings. The SMILES string of the molecule is Cn1c(CCNC(=O)[C@H]2CCCCN2)nc2cc(F)ccc21. The van der Waals surface area contributed by atoms with Crippen molar-refractivity contribution in [2.45, 2.75) is 31.7 Å². The third kappa shape index (κ3) is 3.11. The van der Waals surface area contributed by atoms with Crippen molar-refractivity contribution in [1.29, 1.82) is 0 Å². The number of rotatable bonds is 4. The number of fused-ring (bicyclic) bond motifs is 1. The molecular formula is C16H21FN4O. The first kappa shape index (κ1) is 15.0. The molecule has 0 radical (unpaired) electrons. The van der Waals surface area contributed by atoms with Crippen molar-refractivity contribution in [3.8, 4) is 0 Å². The second-order valence-electron chi connectivity index (χ2n) is 5.76. The number of benzene rings is 1. The second kappa shape index (κ2) is 6.44. The quantitative estimate of drug-likeness (QED) is 0.900. The predicted octanol–water partition coefficient (Wildman–Crippen LogP) is 1.51. The van der Waals surface area contributed by atoms with Gasteiger partial charge in [-0.1, -0.05) is 6.42 Å². The number of halogens is 1. The minimum Gasteiger partial charge on any atom is -0.354 e. The third-order valence-electron chi connectivity index (χ3n) is 4.21.